The largest absolute Gasteiger partial charge is 0.274 e. The highest BCUT2D eigenvalue weighted by molar-refractivity contribution is 6.22. The Kier molecular flexibility index (Phi) is 2.83. The summed E-state index contributed by atoms with van der Waals surface area (Å²) in [7, 11) is 0. The molecule has 1 saturated heterocycles. The smallest absolute Gasteiger partial charge is 0.237 e. The van der Waals surface area contributed by atoms with Crippen molar-refractivity contribution in [3.05, 3.63) is 29.8 Å². The van der Waals surface area contributed by atoms with Crippen LogP contribution in [0.4, 0.5) is 5.69 Å². The zero-order chi connectivity index (χ0) is 13.4. The van der Waals surface area contributed by atoms with E-state index in [0.717, 1.165) is 24.8 Å². The van der Waals surface area contributed by atoms with Gasteiger partial charge in [0.05, 0.1) is 30.0 Å². The summed E-state index contributed by atoms with van der Waals surface area (Å²) in [6.07, 6.45) is 2.98. The molecule has 1 aliphatic carbocycles. The monoisotopic (exact) mass is 254 g/mol. The third kappa shape index (κ3) is 1.82. The number of hydrogen-bond acceptors (Lipinski definition) is 3. The van der Waals surface area contributed by atoms with Gasteiger partial charge in [0.15, 0.2) is 0 Å². The van der Waals surface area contributed by atoms with Crippen molar-refractivity contribution in [2.75, 3.05) is 4.90 Å². The lowest BCUT2D eigenvalue weighted by molar-refractivity contribution is -0.122. The van der Waals surface area contributed by atoms with Gasteiger partial charge in [-0.05, 0) is 30.5 Å². The first-order valence-corrected chi connectivity index (χ1v) is 6.56. The average molecular weight is 254 g/mol. The summed E-state index contributed by atoms with van der Waals surface area (Å²) in [6, 6.07) is 9.18. The summed E-state index contributed by atoms with van der Waals surface area (Å²) >= 11 is 0. The van der Waals surface area contributed by atoms with Gasteiger partial charge in [0.25, 0.3) is 0 Å². The van der Waals surface area contributed by atoms with E-state index in [1.54, 1.807) is 24.3 Å². The molecule has 0 radical (unpaired) electrons. The molecular formula is C15H14N2O2. The van der Waals surface area contributed by atoms with Crippen LogP contribution in [-0.2, 0) is 16.0 Å². The van der Waals surface area contributed by atoms with Crippen molar-refractivity contribution in [3.8, 4) is 6.07 Å². The number of nitrogens with zero attached hydrogens (tertiary/aromatic N) is 2. The van der Waals surface area contributed by atoms with E-state index in [0.29, 0.717) is 12.1 Å². The van der Waals surface area contributed by atoms with Gasteiger partial charge in [-0.15, -0.1) is 0 Å². The minimum absolute atomic E-state index is 0.0551. The highest BCUT2D eigenvalue weighted by Crippen LogP contribution is 2.41. The normalized spacial score (nSPS) is 25.5. The number of amides is 2. The summed E-state index contributed by atoms with van der Waals surface area (Å²) < 4.78 is 0. The van der Waals surface area contributed by atoms with Gasteiger partial charge in [-0.3, -0.25) is 14.5 Å². The van der Waals surface area contributed by atoms with Crippen LogP contribution in [0.25, 0.3) is 0 Å². The Bertz CT molecular complexity index is 549. The summed E-state index contributed by atoms with van der Waals surface area (Å²) in [5.41, 5.74) is 1.52. The number of imide groups is 1. The molecule has 0 aromatic heterocycles. The fourth-order valence-corrected chi connectivity index (χ4v) is 3.10. The summed E-state index contributed by atoms with van der Waals surface area (Å²) in [6.45, 7) is 0. The molecule has 0 spiro atoms. The molecule has 1 heterocycles. The lowest BCUT2D eigenvalue weighted by atomic mass is 10.00. The number of carbonyl (C=O) groups excluding carboxylic acids is 2. The van der Waals surface area contributed by atoms with E-state index in [2.05, 4.69) is 6.07 Å². The molecule has 1 aromatic carbocycles. The molecule has 1 aliphatic heterocycles. The fourth-order valence-electron chi connectivity index (χ4n) is 3.10. The molecule has 1 aromatic rings. The van der Waals surface area contributed by atoms with Crippen LogP contribution in [0.1, 0.15) is 24.8 Å². The molecular weight excluding hydrogens is 240 g/mol. The van der Waals surface area contributed by atoms with Gasteiger partial charge in [-0.25, -0.2) is 0 Å². The molecule has 2 fully saturated rings. The Labute approximate surface area is 111 Å². The molecule has 4 heteroatoms. The molecule has 2 atom stereocenters. The van der Waals surface area contributed by atoms with Crippen molar-refractivity contribution in [2.45, 2.75) is 25.7 Å². The fraction of sp³-hybridized carbons (Fsp3) is 0.400. The molecule has 2 aliphatic rings. The lowest BCUT2D eigenvalue weighted by Gasteiger charge is -2.16. The second-order valence-electron chi connectivity index (χ2n) is 5.16. The third-order valence-electron chi connectivity index (χ3n) is 4.07. The van der Waals surface area contributed by atoms with Crippen molar-refractivity contribution in [1.29, 1.82) is 5.26 Å². The third-order valence-corrected chi connectivity index (χ3v) is 4.07. The second kappa shape index (κ2) is 4.51. The van der Waals surface area contributed by atoms with Crippen LogP contribution in [0, 0.1) is 23.2 Å². The number of anilines is 1. The van der Waals surface area contributed by atoms with E-state index in [1.165, 1.54) is 4.90 Å². The molecule has 0 bridgehead atoms. The van der Waals surface area contributed by atoms with Crippen LogP contribution < -0.4 is 4.90 Å². The molecule has 2 unspecified atom stereocenters. The number of fused-ring (bicyclic) bond motifs is 1. The molecule has 96 valence electrons. The minimum atomic E-state index is -0.105. The van der Waals surface area contributed by atoms with Gasteiger partial charge in [0, 0.05) is 0 Å². The highest BCUT2D eigenvalue weighted by atomic mass is 16.2. The van der Waals surface area contributed by atoms with Crippen LogP contribution in [0.5, 0.6) is 0 Å². The zero-order valence-corrected chi connectivity index (χ0v) is 10.5. The van der Waals surface area contributed by atoms with Crippen molar-refractivity contribution >= 4 is 17.5 Å². The maximum atomic E-state index is 12.3. The van der Waals surface area contributed by atoms with Crippen LogP contribution >= 0.6 is 0 Å². The molecule has 1 saturated carbocycles. The maximum Gasteiger partial charge on any atom is 0.237 e. The van der Waals surface area contributed by atoms with E-state index in [1.807, 2.05) is 0 Å². The number of carbonyl (C=O) groups is 2. The predicted octanol–water partition coefficient (Wildman–Crippen LogP) is 2.04. The van der Waals surface area contributed by atoms with Crippen LogP contribution in [-0.4, -0.2) is 11.8 Å². The number of hydrogen-bond donors (Lipinski definition) is 0. The summed E-state index contributed by atoms with van der Waals surface area (Å²) in [5.74, 6) is -0.321. The maximum absolute atomic E-state index is 12.3. The highest BCUT2D eigenvalue weighted by Gasteiger charge is 2.50. The first-order valence-electron chi connectivity index (χ1n) is 6.56. The van der Waals surface area contributed by atoms with Crippen LogP contribution in [0.3, 0.4) is 0 Å². The van der Waals surface area contributed by atoms with Gasteiger partial charge in [0.1, 0.15) is 0 Å². The van der Waals surface area contributed by atoms with E-state index in [-0.39, 0.29) is 23.7 Å². The average Bonchev–Trinajstić information content (AvgIpc) is 2.97. The zero-order valence-electron chi connectivity index (χ0n) is 10.5. The topological polar surface area (TPSA) is 61.2 Å². The molecule has 19 heavy (non-hydrogen) atoms. The predicted molar refractivity (Wildman–Crippen MR) is 69.1 cm³/mol. The van der Waals surface area contributed by atoms with E-state index >= 15 is 0 Å². The van der Waals surface area contributed by atoms with Gasteiger partial charge >= 0.3 is 0 Å². The Morgan fingerprint density at radius 3 is 2.21 bits per heavy atom. The van der Waals surface area contributed by atoms with Crippen molar-refractivity contribution in [1.82, 2.24) is 0 Å². The van der Waals surface area contributed by atoms with Gasteiger partial charge < -0.3 is 0 Å². The molecule has 0 N–H and O–H groups in total. The summed E-state index contributed by atoms with van der Waals surface area (Å²) in [5, 5.41) is 8.62. The van der Waals surface area contributed by atoms with E-state index in [9.17, 15) is 9.59 Å². The number of rotatable bonds is 2. The van der Waals surface area contributed by atoms with Crippen molar-refractivity contribution < 1.29 is 9.59 Å². The first-order chi connectivity index (χ1) is 9.22. The Hall–Kier alpha value is -2.15. The van der Waals surface area contributed by atoms with Gasteiger partial charge in [0.2, 0.25) is 11.8 Å². The van der Waals surface area contributed by atoms with Gasteiger partial charge in [-0.1, -0.05) is 18.6 Å². The molecule has 2 amide bonds. The molecule has 3 rings (SSSR count). The first kappa shape index (κ1) is 11.9. The lowest BCUT2D eigenvalue weighted by Crippen LogP contribution is -2.31. The van der Waals surface area contributed by atoms with Crippen molar-refractivity contribution in [3.63, 3.8) is 0 Å². The molecule has 4 nitrogen and oxygen atoms in total. The number of benzene rings is 1. The van der Waals surface area contributed by atoms with Crippen molar-refractivity contribution in [2.24, 2.45) is 11.8 Å². The number of nitriles is 1. The van der Waals surface area contributed by atoms with Crippen LogP contribution in [0.2, 0.25) is 0 Å². The Morgan fingerprint density at radius 2 is 1.68 bits per heavy atom. The minimum Gasteiger partial charge on any atom is -0.274 e. The van der Waals surface area contributed by atoms with Crippen LogP contribution in [0.15, 0.2) is 24.3 Å². The summed E-state index contributed by atoms with van der Waals surface area (Å²) in [4.78, 5) is 25.8. The van der Waals surface area contributed by atoms with E-state index in [4.69, 9.17) is 5.26 Å². The standard InChI is InChI=1S/C15H14N2O2/c16-9-8-10-4-6-11(7-5-10)17-14(18)12-2-1-3-13(12)15(17)19/h4-7,12-13H,1-3,8H2. The van der Waals surface area contributed by atoms with E-state index < -0.39 is 0 Å². The second-order valence-corrected chi connectivity index (χ2v) is 5.16. The van der Waals surface area contributed by atoms with Gasteiger partial charge in [-0.2, -0.15) is 5.26 Å². The quantitative estimate of drug-likeness (QED) is 0.759. The Morgan fingerprint density at radius 1 is 1.11 bits per heavy atom. The Balaban J connectivity index is 1.88. The SMILES string of the molecule is N#CCc1ccc(N2C(=O)C3CCCC3C2=O)cc1.